The molecule has 114 valence electrons. The summed E-state index contributed by atoms with van der Waals surface area (Å²) < 4.78 is 16.0. The minimum absolute atomic E-state index is 0.0786. The van der Waals surface area contributed by atoms with Crippen molar-refractivity contribution in [3.63, 3.8) is 0 Å². The first-order valence-corrected chi connectivity index (χ1v) is 7.26. The van der Waals surface area contributed by atoms with Crippen LogP contribution in [0.2, 0.25) is 0 Å². The van der Waals surface area contributed by atoms with Crippen molar-refractivity contribution >= 4 is 5.91 Å². The van der Waals surface area contributed by atoms with E-state index in [1.165, 1.54) is 0 Å². The standard InChI is InChI=1S/C15H20N2O4/c1-2-17(15(18)12-9-19-6-5-16-12)8-11-3-4-13-14(7-11)21-10-20-13/h3-4,7,12,16H,2,5-6,8-10H2,1H3. The molecule has 6 nitrogen and oxygen atoms in total. The molecule has 0 spiro atoms. The van der Waals surface area contributed by atoms with Gasteiger partial charge >= 0.3 is 0 Å². The number of rotatable bonds is 4. The van der Waals surface area contributed by atoms with Crippen LogP contribution in [0, 0.1) is 0 Å². The molecule has 0 aliphatic carbocycles. The highest BCUT2D eigenvalue weighted by atomic mass is 16.7. The molecule has 2 aliphatic rings. The molecule has 2 heterocycles. The van der Waals surface area contributed by atoms with E-state index in [4.69, 9.17) is 14.2 Å². The van der Waals surface area contributed by atoms with Gasteiger partial charge in [0.05, 0.1) is 13.2 Å². The summed E-state index contributed by atoms with van der Waals surface area (Å²) in [7, 11) is 0. The molecule has 6 heteroatoms. The van der Waals surface area contributed by atoms with Gasteiger partial charge in [-0.1, -0.05) is 6.07 Å². The lowest BCUT2D eigenvalue weighted by Crippen LogP contribution is -2.52. The summed E-state index contributed by atoms with van der Waals surface area (Å²) in [6.07, 6.45) is 0. The Hall–Kier alpha value is -1.79. The largest absolute Gasteiger partial charge is 0.454 e. The molecule has 0 bridgehead atoms. The van der Waals surface area contributed by atoms with E-state index in [9.17, 15) is 4.79 Å². The molecule has 3 rings (SSSR count). The van der Waals surface area contributed by atoms with Gasteiger partial charge in [0.15, 0.2) is 11.5 Å². The smallest absolute Gasteiger partial charge is 0.242 e. The molecule has 1 unspecified atom stereocenters. The first-order valence-electron chi connectivity index (χ1n) is 7.26. The molecule has 1 atom stereocenters. The zero-order chi connectivity index (χ0) is 14.7. The number of nitrogens with one attached hydrogen (secondary N) is 1. The summed E-state index contributed by atoms with van der Waals surface area (Å²) >= 11 is 0. The number of fused-ring (bicyclic) bond motifs is 1. The minimum Gasteiger partial charge on any atom is -0.454 e. The van der Waals surface area contributed by atoms with Gasteiger partial charge in [0.2, 0.25) is 12.7 Å². The van der Waals surface area contributed by atoms with E-state index in [0.717, 1.165) is 23.6 Å². The molecule has 1 amide bonds. The summed E-state index contributed by atoms with van der Waals surface area (Å²) in [5, 5.41) is 3.20. The van der Waals surface area contributed by atoms with E-state index in [1.54, 1.807) is 0 Å². The quantitative estimate of drug-likeness (QED) is 0.887. The fraction of sp³-hybridized carbons (Fsp3) is 0.533. The summed E-state index contributed by atoms with van der Waals surface area (Å²) in [5.74, 6) is 1.58. The number of hydrogen-bond acceptors (Lipinski definition) is 5. The van der Waals surface area contributed by atoms with Crippen molar-refractivity contribution in [1.82, 2.24) is 10.2 Å². The lowest BCUT2D eigenvalue weighted by molar-refractivity contribution is -0.136. The van der Waals surface area contributed by atoms with Crippen LogP contribution in [0.25, 0.3) is 0 Å². The highest BCUT2D eigenvalue weighted by molar-refractivity contribution is 5.82. The average molecular weight is 292 g/mol. The van der Waals surface area contributed by atoms with Gasteiger partial charge in [0.1, 0.15) is 6.04 Å². The Morgan fingerprint density at radius 1 is 1.38 bits per heavy atom. The molecule has 1 N–H and O–H groups in total. The molecule has 0 radical (unpaired) electrons. The Morgan fingerprint density at radius 3 is 3.00 bits per heavy atom. The van der Waals surface area contributed by atoms with Gasteiger partial charge < -0.3 is 24.4 Å². The van der Waals surface area contributed by atoms with E-state index in [-0.39, 0.29) is 18.7 Å². The molecular formula is C15H20N2O4. The number of hydrogen-bond donors (Lipinski definition) is 1. The monoisotopic (exact) mass is 292 g/mol. The van der Waals surface area contributed by atoms with Crippen LogP contribution in [0.1, 0.15) is 12.5 Å². The van der Waals surface area contributed by atoms with Crippen molar-refractivity contribution in [2.24, 2.45) is 0 Å². The van der Waals surface area contributed by atoms with Gasteiger partial charge in [-0.2, -0.15) is 0 Å². The summed E-state index contributed by atoms with van der Waals surface area (Å²) in [4.78, 5) is 14.3. The van der Waals surface area contributed by atoms with Crippen molar-refractivity contribution in [2.75, 3.05) is 33.1 Å². The molecular weight excluding hydrogens is 272 g/mol. The topological polar surface area (TPSA) is 60.0 Å². The van der Waals surface area contributed by atoms with E-state index in [2.05, 4.69) is 5.32 Å². The molecule has 21 heavy (non-hydrogen) atoms. The lowest BCUT2D eigenvalue weighted by atomic mass is 10.1. The van der Waals surface area contributed by atoms with Gasteiger partial charge in [0.25, 0.3) is 0 Å². The van der Waals surface area contributed by atoms with Gasteiger partial charge in [0, 0.05) is 19.6 Å². The van der Waals surface area contributed by atoms with Crippen molar-refractivity contribution in [2.45, 2.75) is 19.5 Å². The van der Waals surface area contributed by atoms with Crippen molar-refractivity contribution in [3.8, 4) is 11.5 Å². The second kappa shape index (κ2) is 6.32. The van der Waals surface area contributed by atoms with Gasteiger partial charge in [-0.05, 0) is 24.6 Å². The maximum absolute atomic E-state index is 12.5. The summed E-state index contributed by atoms with van der Waals surface area (Å²) in [6, 6.07) is 5.54. The molecule has 0 aromatic heterocycles. The SMILES string of the molecule is CCN(Cc1ccc2c(c1)OCO2)C(=O)C1COCCN1. The van der Waals surface area contributed by atoms with Crippen molar-refractivity contribution < 1.29 is 19.0 Å². The Kier molecular flexibility index (Phi) is 4.26. The third-order valence-corrected chi connectivity index (χ3v) is 3.72. The third kappa shape index (κ3) is 3.11. The van der Waals surface area contributed by atoms with Crippen LogP contribution in [0.15, 0.2) is 18.2 Å². The van der Waals surface area contributed by atoms with E-state index in [0.29, 0.717) is 26.3 Å². The van der Waals surface area contributed by atoms with Crippen LogP contribution in [0.3, 0.4) is 0 Å². The molecule has 2 aliphatic heterocycles. The normalized spacial score (nSPS) is 20.3. The first kappa shape index (κ1) is 14.2. The van der Waals surface area contributed by atoms with Crippen LogP contribution in [0.4, 0.5) is 0 Å². The number of ether oxygens (including phenoxy) is 3. The highest BCUT2D eigenvalue weighted by Crippen LogP contribution is 2.32. The lowest BCUT2D eigenvalue weighted by Gasteiger charge is -2.29. The fourth-order valence-corrected chi connectivity index (χ4v) is 2.55. The third-order valence-electron chi connectivity index (χ3n) is 3.72. The van der Waals surface area contributed by atoms with Crippen LogP contribution < -0.4 is 14.8 Å². The summed E-state index contributed by atoms with van der Waals surface area (Å²) in [6.45, 7) is 5.29. The van der Waals surface area contributed by atoms with Crippen molar-refractivity contribution in [3.05, 3.63) is 23.8 Å². The zero-order valence-corrected chi connectivity index (χ0v) is 12.1. The van der Waals surface area contributed by atoms with Crippen LogP contribution >= 0.6 is 0 Å². The van der Waals surface area contributed by atoms with E-state index in [1.807, 2.05) is 30.0 Å². The maximum Gasteiger partial charge on any atom is 0.242 e. The van der Waals surface area contributed by atoms with Crippen LogP contribution in [-0.4, -0.2) is 49.9 Å². The number of likely N-dealkylation sites (N-methyl/N-ethyl adjacent to an activating group) is 1. The zero-order valence-electron chi connectivity index (χ0n) is 12.1. The average Bonchev–Trinajstić information content (AvgIpc) is 3.00. The molecule has 0 saturated carbocycles. The van der Waals surface area contributed by atoms with Crippen molar-refractivity contribution in [1.29, 1.82) is 0 Å². The van der Waals surface area contributed by atoms with E-state index < -0.39 is 0 Å². The Bertz CT molecular complexity index is 514. The number of amides is 1. The van der Waals surface area contributed by atoms with Crippen LogP contribution in [0.5, 0.6) is 11.5 Å². The summed E-state index contributed by atoms with van der Waals surface area (Å²) in [5.41, 5.74) is 1.03. The minimum atomic E-state index is -0.243. The number of benzene rings is 1. The number of carbonyl (C=O) groups is 1. The number of carbonyl (C=O) groups excluding carboxylic acids is 1. The van der Waals surface area contributed by atoms with Gasteiger partial charge in [-0.3, -0.25) is 4.79 Å². The van der Waals surface area contributed by atoms with Gasteiger partial charge in [-0.25, -0.2) is 0 Å². The molecule has 1 fully saturated rings. The number of nitrogens with zero attached hydrogens (tertiary/aromatic N) is 1. The predicted molar refractivity (Wildman–Crippen MR) is 76.3 cm³/mol. The van der Waals surface area contributed by atoms with Gasteiger partial charge in [-0.15, -0.1) is 0 Å². The first-order chi connectivity index (χ1) is 10.3. The maximum atomic E-state index is 12.5. The Balaban J connectivity index is 1.67. The highest BCUT2D eigenvalue weighted by Gasteiger charge is 2.26. The predicted octanol–water partition coefficient (Wildman–Crippen LogP) is 0.752. The second-order valence-corrected chi connectivity index (χ2v) is 5.12. The van der Waals surface area contributed by atoms with E-state index >= 15 is 0 Å². The molecule has 1 aromatic carbocycles. The fourth-order valence-electron chi connectivity index (χ4n) is 2.55. The van der Waals surface area contributed by atoms with Crippen LogP contribution in [-0.2, 0) is 16.1 Å². The number of morpholine rings is 1. The molecule has 1 saturated heterocycles. The Morgan fingerprint density at radius 2 is 2.24 bits per heavy atom. The Labute approximate surface area is 124 Å². The second-order valence-electron chi connectivity index (χ2n) is 5.12. The molecule has 1 aromatic rings.